The molecule has 4 atom stereocenters. The molecular weight excluding hydrogens is 291 g/mol. The van der Waals surface area contributed by atoms with E-state index in [1.54, 1.807) is 7.11 Å². The Morgan fingerprint density at radius 1 is 0.800 bits per heavy atom. The van der Waals surface area contributed by atoms with Gasteiger partial charge in [-0.25, -0.2) is 0 Å². The molecule has 0 unspecified atom stereocenters. The molecule has 0 saturated heterocycles. The first-order valence-electron chi connectivity index (χ1n) is 6.77. The van der Waals surface area contributed by atoms with Crippen LogP contribution < -0.4 is 4.74 Å². The van der Waals surface area contributed by atoms with E-state index in [0.29, 0.717) is 0 Å². The number of methoxy groups -OCH3 is 1. The van der Waals surface area contributed by atoms with Gasteiger partial charge in [-0.1, -0.05) is 30.3 Å². The first-order chi connectivity index (χ1) is 9.72. The highest BCUT2D eigenvalue weighted by atomic mass is 35.5. The largest absolute Gasteiger partial charge is 0.497 e. The van der Waals surface area contributed by atoms with Crippen LogP contribution in [0.1, 0.15) is 34.1 Å². The van der Waals surface area contributed by atoms with Crippen molar-refractivity contribution < 1.29 is 4.74 Å². The Morgan fingerprint density at radius 3 is 1.95 bits per heavy atom. The van der Waals surface area contributed by atoms with E-state index >= 15 is 0 Å². The lowest BCUT2D eigenvalue weighted by atomic mass is 9.63. The first-order valence-corrected chi connectivity index (χ1v) is 7.64. The van der Waals surface area contributed by atoms with Crippen LogP contribution in [0.2, 0.25) is 0 Å². The molecule has 3 aliphatic carbocycles. The van der Waals surface area contributed by atoms with Gasteiger partial charge in [0.2, 0.25) is 0 Å². The highest BCUT2D eigenvalue weighted by molar-refractivity contribution is 6.31. The molecule has 0 saturated carbocycles. The van der Waals surface area contributed by atoms with Crippen LogP contribution in [0.5, 0.6) is 5.75 Å². The lowest BCUT2D eigenvalue weighted by molar-refractivity contribution is 0.412. The summed E-state index contributed by atoms with van der Waals surface area (Å²) in [6.45, 7) is 0. The summed E-state index contributed by atoms with van der Waals surface area (Å²) in [6.07, 6.45) is 0. The summed E-state index contributed by atoms with van der Waals surface area (Å²) < 4.78 is 5.36. The number of ether oxygens (including phenoxy) is 1. The predicted octanol–water partition coefficient (Wildman–Crippen LogP) is 4.50. The molecule has 0 aromatic heterocycles. The minimum Gasteiger partial charge on any atom is -0.497 e. The van der Waals surface area contributed by atoms with Crippen molar-refractivity contribution in [3.05, 3.63) is 64.7 Å². The Labute approximate surface area is 128 Å². The number of rotatable bonds is 1. The van der Waals surface area contributed by atoms with E-state index < -0.39 is 0 Å². The average Bonchev–Trinajstić information content (AvgIpc) is 2.49. The second-order valence-electron chi connectivity index (χ2n) is 5.47. The molecule has 1 nitrogen and oxygen atoms in total. The Morgan fingerprint density at radius 2 is 1.35 bits per heavy atom. The van der Waals surface area contributed by atoms with E-state index in [1.807, 2.05) is 6.07 Å². The first kappa shape index (κ1) is 12.6. The minimum absolute atomic E-state index is 0.0579. The molecule has 5 rings (SSSR count). The van der Waals surface area contributed by atoms with Gasteiger partial charge in [-0.2, -0.15) is 0 Å². The standard InChI is InChI=1S/C17H14Cl2O/c1-20-9-6-7-12-13(8-9)15-11-5-3-2-4-10(11)14(12)16(18)17(15)19/h2-8,14-17H,1H3/t14-,15+,16-,17+/m0/s1. The van der Waals surface area contributed by atoms with Crippen LogP contribution in [-0.2, 0) is 0 Å². The minimum atomic E-state index is -0.0730. The molecular formula is C17H14Cl2O. The van der Waals surface area contributed by atoms with Gasteiger partial charge in [0.1, 0.15) is 5.75 Å². The Hall–Kier alpha value is -1.18. The van der Waals surface area contributed by atoms with Crippen LogP contribution in [0, 0.1) is 0 Å². The van der Waals surface area contributed by atoms with Crippen LogP contribution >= 0.6 is 23.2 Å². The van der Waals surface area contributed by atoms with Crippen molar-refractivity contribution in [1.29, 1.82) is 0 Å². The maximum Gasteiger partial charge on any atom is 0.119 e. The van der Waals surface area contributed by atoms with Gasteiger partial charge in [0.25, 0.3) is 0 Å². The predicted molar refractivity (Wildman–Crippen MR) is 82.4 cm³/mol. The Kier molecular flexibility index (Phi) is 2.77. The van der Waals surface area contributed by atoms with E-state index in [9.17, 15) is 0 Å². The van der Waals surface area contributed by atoms with E-state index in [2.05, 4.69) is 36.4 Å². The zero-order valence-corrected chi connectivity index (χ0v) is 12.5. The summed E-state index contributed by atoms with van der Waals surface area (Å²) in [7, 11) is 1.69. The monoisotopic (exact) mass is 304 g/mol. The molecule has 0 heterocycles. The Balaban J connectivity index is 2.00. The second kappa shape index (κ2) is 4.41. The summed E-state index contributed by atoms with van der Waals surface area (Å²) >= 11 is 13.3. The molecule has 0 radical (unpaired) electrons. The second-order valence-corrected chi connectivity index (χ2v) is 6.48. The molecule has 0 spiro atoms. The molecule has 0 N–H and O–H groups in total. The lowest BCUT2D eigenvalue weighted by Crippen LogP contribution is -2.41. The highest BCUT2D eigenvalue weighted by Gasteiger charge is 2.48. The normalized spacial score (nSPS) is 29.8. The highest BCUT2D eigenvalue weighted by Crippen LogP contribution is 2.56. The number of halogens is 2. The van der Waals surface area contributed by atoms with Crippen LogP contribution in [0.4, 0.5) is 0 Å². The SMILES string of the molecule is COc1ccc2c(c1)[C@H]1c3ccccc3[C@@H]2[C@H](Cl)[C@@H]1Cl. The van der Waals surface area contributed by atoms with Gasteiger partial charge < -0.3 is 4.74 Å². The molecule has 0 aliphatic heterocycles. The van der Waals surface area contributed by atoms with Gasteiger partial charge in [-0.05, 0) is 34.4 Å². The topological polar surface area (TPSA) is 9.23 Å². The number of alkyl halides is 2. The fourth-order valence-electron chi connectivity index (χ4n) is 3.70. The summed E-state index contributed by atoms with van der Waals surface area (Å²) in [4.78, 5) is 0. The summed E-state index contributed by atoms with van der Waals surface area (Å²) in [5, 5.41) is -0.131. The van der Waals surface area contributed by atoms with E-state index in [1.165, 1.54) is 22.3 Å². The van der Waals surface area contributed by atoms with E-state index in [4.69, 9.17) is 27.9 Å². The van der Waals surface area contributed by atoms with Crippen LogP contribution in [0.25, 0.3) is 0 Å². The molecule has 3 aliphatic rings. The molecule has 2 bridgehead atoms. The van der Waals surface area contributed by atoms with Gasteiger partial charge >= 0.3 is 0 Å². The third-order valence-corrected chi connectivity index (χ3v) is 5.75. The number of fused-ring (bicyclic) bond motifs is 1. The zero-order chi connectivity index (χ0) is 13.9. The number of hydrogen-bond donors (Lipinski definition) is 0. The quantitative estimate of drug-likeness (QED) is 0.705. The molecule has 0 amide bonds. The van der Waals surface area contributed by atoms with Crippen molar-refractivity contribution in [2.45, 2.75) is 22.6 Å². The molecule has 102 valence electrons. The zero-order valence-electron chi connectivity index (χ0n) is 11.0. The van der Waals surface area contributed by atoms with E-state index in [-0.39, 0.29) is 22.6 Å². The van der Waals surface area contributed by atoms with Crippen molar-refractivity contribution in [2.24, 2.45) is 0 Å². The number of benzene rings is 2. The van der Waals surface area contributed by atoms with Crippen LogP contribution in [0.3, 0.4) is 0 Å². The lowest BCUT2D eigenvalue weighted by Gasteiger charge is -2.46. The third-order valence-electron chi connectivity index (χ3n) is 4.57. The van der Waals surface area contributed by atoms with Gasteiger partial charge in [0.15, 0.2) is 0 Å². The molecule has 0 fully saturated rings. The Bertz CT molecular complexity index is 682. The third kappa shape index (κ3) is 1.51. The molecule has 2 aromatic rings. The summed E-state index contributed by atoms with van der Waals surface area (Å²) in [5.41, 5.74) is 5.21. The van der Waals surface area contributed by atoms with Crippen molar-refractivity contribution in [2.75, 3.05) is 7.11 Å². The fourth-order valence-corrected chi connectivity index (χ4v) is 4.53. The molecule has 20 heavy (non-hydrogen) atoms. The fraction of sp³-hybridized carbons (Fsp3) is 0.294. The van der Waals surface area contributed by atoms with Crippen molar-refractivity contribution in [3.63, 3.8) is 0 Å². The van der Waals surface area contributed by atoms with Crippen LogP contribution in [0.15, 0.2) is 42.5 Å². The van der Waals surface area contributed by atoms with Gasteiger partial charge in [0, 0.05) is 11.8 Å². The van der Waals surface area contributed by atoms with Crippen molar-refractivity contribution >= 4 is 23.2 Å². The van der Waals surface area contributed by atoms with Crippen molar-refractivity contribution in [1.82, 2.24) is 0 Å². The van der Waals surface area contributed by atoms with Gasteiger partial charge in [0.05, 0.1) is 17.9 Å². The molecule has 3 heteroatoms. The maximum absolute atomic E-state index is 6.64. The van der Waals surface area contributed by atoms with Gasteiger partial charge in [-0.15, -0.1) is 23.2 Å². The summed E-state index contributed by atoms with van der Waals surface area (Å²) in [6, 6.07) is 14.8. The van der Waals surface area contributed by atoms with Gasteiger partial charge in [-0.3, -0.25) is 0 Å². The average molecular weight is 305 g/mol. The smallest absolute Gasteiger partial charge is 0.119 e. The molecule has 2 aromatic carbocycles. The van der Waals surface area contributed by atoms with E-state index in [0.717, 1.165) is 5.75 Å². The van der Waals surface area contributed by atoms with Crippen molar-refractivity contribution in [3.8, 4) is 5.75 Å². The maximum atomic E-state index is 6.64. The number of hydrogen-bond acceptors (Lipinski definition) is 1. The van der Waals surface area contributed by atoms with Crippen LogP contribution in [-0.4, -0.2) is 17.9 Å². The summed E-state index contributed by atoms with van der Waals surface area (Å²) in [5.74, 6) is 1.22.